The second kappa shape index (κ2) is 4.41. The van der Waals surface area contributed by atoms with Crippen LogP contribution in [0.1, 0.15) is 10.4 Å². The fraction of sp³-hybridized carbons (Fsp3) is 0. The molecular formula is C13H10N4O2. The van der Waals surface area contributed by atoms with E-state index >= 15 is 0 Å². The Morgan fingerprint density at radius 2 is 2.05 bits per heavy atom. The first-order valence-electron chi connectivity index (χ1n) is 5.67. The molecule has 0 atom stereocenters. The maximum atomic E-state index is 12.2. The van der Waals surface area contributed by atoms with Gasteiger partial charge in [-0.2, -0.15) is 5.10 Å². The number of amides is 1. The summed E-state index contributed by atoms with van der Waals surface area (Å²) in [6.45, 7) is 0. The molecule has 0 fully saturated rings. The molecule has 1 aromatic carbocycles. The monoisotopic (exact) mass is 254 g/mol. The van der Waals surface area contributed by atoms with Gasteiger partial charge < -0.3 is 10.3 Å². The van der Waals surface area contributed by atoms with Crippen LogP contribution in [0.2, 0.25) is 0 Å². The van der Waals surface area contributed by atoms with Crippen LogP contribution in [0.5, 0.6) is 0 Å². The summed E-state index contributed by atoms with van der Waals surface area (Å²) in [6.07, 6.45) is 1.78. The largest absolute Gasteiger partial charge is 0.361 e. The zero-order valence-electron chi connectivity index (χ0n) is 9.81. The summed E-state index contributed by atoms with van der Waals surface area (Å²) in [4.78, 5) is 26.1. The van der Waals surface area contributed by atoms with Gasteiger partial charge in [0.15, 0.2) is 5.82 Å². The van der Waals surface area contributed by atoms with E-state index in [1.807, 2.05) is 12.1 Å². The van der Waals surface area contributed by atoms with Gasteiger partial charge in [0.05, 0.1) is 0 Å². The van der Waals surface area contributed by atoms with Crippen molar-refractivity contribution in [2.45, 2.75) is 0 Å². The summed E-state index contributed by atoms with van der Waals surface area (Å²) in [5, 5.41) is 9.47. The number of carbonyl (C=O) groups excluding carboxylic acids is 1. The smallest absolute Gasteiger partial charge is 0.264 e. The van der Waals surface area contributed by atoms with Gasteiger partial charge >= 0.3 is 0 Å². The Balaban J connectivity index is 1.94. The van der Waals surface area contributed by atoms with Crippen LogP contribution in [0.3, 0.4) is 0 Å². The van der Waals surface area contributed by atoms with E-state index in [2.05, 4.69) is 20.5 Å². The van der Waals surface area contributed by atoms with Crippen molar-refractivity contribution in [1.82, 2.24) is 15.2 Å². The van der Waals surface area contributed by atoms with Crippen LogP contribution in [-0.2, 0) is 0 Å². The number of hydrogen-bond donors (Lipinski definition) is 3. The van der Waals surface area contributed by atoms with E-state index in [1.54, 1.807) is 18.3 Å². The SMILES string of the molecule is O=C(Nc1ccc(=O)[nH]n1)c1cccc2[nH]ccc12. The van der Waals surface area contributed by atoms with Gasteiger partial charge in [-0.25, -0.2) is 5.10 Å². The van der Waals surface area contributed by atoms with Gasteiger partial charge in [-0.3, -0.25) is 9.59 Å². The van der Waals surface area contributed by atoms with Gasteiger partial charge in [0.2, 0.25) is 0 Å². The third-order valence-electron chi connectivity index (χ3n) is 2.76. The Morgan fingerprint density at radius 1 is 1.16 bits per heavy atom. The highest BCUT2D eigenvalue weighted by atomic mass is 16.2. The van der Waals surface area contributed by atoms with Crippen molar-refractivity contribution in [3.05, 3.63) is 58.5 Å². The molecule has 0 aliphatic carbocycles. The average molecular weight is 254 g/mol. The lowest BCUT2D eigenvalue weighted by atomic mass is 10.1. The first kappa shape index (κ1) is 11.2. The minimum atomic E-state index is -0.314. The van der Waals surface area contributed by atoms with Crippen LogP contribution < -0.4 is 10.9 Å². The number of rotatable bonds is 2. The molecule has 94 valence electrons. The molecule has 0 radical (unpaired) electrons. The predicted molar refractivity (Wildman–Crippen MR) is 71.1 cm³/mol. The van der Waals surface area contributed by atoms with Crippen molar-refractivity contribution in [1.29, 1.82) is 0 Å². The average Bonchev–Trinajstić information content (AvgIpc) is 2.89. The molecule has 3 aromatic rings. The second-order valence-corrected chi connectivity index (χ2v) is 4.01. The summed E-state index contributed by atoms with van der Waals surface area (Å²) in [5.74, 6) is 0.0295. The van der Waals surface area contributed by atoms with Crippen LogP contribution in [0, 0.1) is 0 Å². The number of fused-ring (bicyclic) bond motifs is 1. The molecule has 0 unspecified atom stereocenters. The van der Waals surface area contributed by atoms with Crippen LogP contribution in [0.4, 0.5) is 5.82 Å². The number of hydrogen-bond acceptors (Lipinski definition) is 3. The third-order valence-corrected chi connectivity index (χ3v) is 2.76. The molecule has 6 nitrogen and oxygen atoms in total. The number of benzene rings is 1. The van der Waals surface area contributed by atoms with E-state index in [1.165, 1.54) is 12.1 Å². The molecule has 0 bridgehead atoms. The van der Waals surface area contributed by atoms with E-state index in [0.717, 1.165) is 10.9 Å². The Morgan fingerprint density at radius 3 is 2.84 bits per heavy atom. The van der Waals surface area contributed by atoms with E-state index in [0.29, 0.717) is 11.4 Å². The molecule has 0 spiro atoms. The number of anilines is 1. The molecular weight excluding hydrogens is 244 g/mol. The fourth-order valence-electron chi connectivity index (χ4n) is 1.88. The Labute approximate surface area is 107 Å². The van der Waals surface area contributed by atoms with Crippen LogP contribution in [-0.4, -0.2) is 21.1 Å². The molecule has 19 heavy (non-hydrogen) atoms. The summed E-state index contributed by atoms with van der Waals surface area (Å²) < 4.78 is 0. The Kier molecular flexibility index (Phi) is 2.60. The van der Waals surface area contributed by atoms with E-state index < -0.39 is 0 Å². The quantitative estimate of drug-likeness (QED) is 0.647. The lowest BCUT2D eigenvalue weighted by molar-refractivity contribution is 0.102. The molecule has 2 aromatic heterocycles. The molecule has 1 amide bonds. The van der Waals surface area contributed by atoms with Crippen molar-refractivity contribution in [2.24, 2.45) is 0 Å². The van der Waals surface area contributed by atoms with Gasteiger partial charge in [-0.1, -0.05) is 6.07 Å². The molecule has 0 aliphatic rings. The minimum Gasteiger partial charge on any atom is -0.361 e. The summed E-state index contributed by atoms with van der Waals surface area (Å²) in [7, 11) is 0. The van der Waals surface area contributed by atoms with Gasteiger partial charge in [0.1, 0.15) is 0 Å². The zero-order chi connectivity index (χ0) is 13.2. The van der Waals surface area contributed by atoms with E-state index in [-0.39, 0.29) is 11.5 Å². The maximum absolute atomic E-state index is 12.2. The van der Waals surface area contributed by atoms with Gasteiger partial charge in [-0.05, 0) is 24.3 Å². The second-order valence-electron chi connectivity index (χ2n) is 4.01. The van der Waals surface area contributed by atoms with Crippen LogP contribution >= 0.6 is 0 Å². The van der Waals surface area contributed by atoms with Crippen molar-refractivity contribution in [3.63, 3.8) is 0 Å². The molecule has 2 heterocycles. The van der Waals surface area contributed by atoms with Gasteiger partial charge in [0.25, 0.3) is 11.5 Å². The first-order chi connectivity index (χ1) is 9.24. The molecule has 0 saturated heterocycles. The van der Waals surface area contributed by atoms with Crippen molar-refractivity contribution in [2.75, 3.05) is 5.32 Å². The predicted octanol–water partition coefficient (Wildman–Crippen LogP) is 1.50. The number of aromatic amines is 2. The van der Waals surface area contributed by atoms with Gasteiger partial charge in [-0.15, -0.1) is 0 Å². The Hall–Kier alpha value is -2.89. The maximum Gasteiger partial charge on any atom is 0.264 e. The number of nitrogens with one attached hydrogen (secondary N) is 3. The lowest BCUT2D eigenvalue weighted by Gasteiger charge is -2.04. The minimum absolute atomic E-state index is 0.273. The summed E-state index contributed by atoms with van der Waals surface area (Å²) in [6, 6.07) is 10.0. The lowest BCUT2D eigenvalue weighted by Crippen LogP contribution is -2.15. The van der Waals surface area contributed by atoms with E-state index in [9.17, 15) is 9.59 Å². The van der Waals surface area contributed by atoms with Crippen LogP contribution in [0.15, 0.2) is 47.4 Å². The fourth-order valence-corrected chi connectivity index (χ4v) is 1.88. The normalized spacial score (nSPS) is 10.5. The number of H-pyrrole nitrogens is 2. The van der Waals surface area contributed by atoms with Crippen molar-refractivity contribution >= 4 is 22.6 Å². The highest BCUT2D eigenvalue weighted by Crippen LogP contribution is 2.18. The number of carbonyl (C=O) groups is 1. The molecule has 3 rings (SSSR count). The standard InChI is InChI=1S/C13H10N4O2/c18-12-5-4-11(16-17-12)15-13(19)9-2-1-3-10-8(9)6-7-14-10/h1-7,14H,(H,17,18)(H,15,16,19). The Bertz CT molecular complexity index is 783. The van der Waals surface area contributed by atoms with Gasteiger partial charge in [0, 0.05) is 28.7 Å². The van der Waals surface area contributed by atoms with Crippen molar-refractivity contribution < 1.29 is 4.79 Å². The van der Waals surface area contributed by atoms with E-state index in [4.69, 9.17) is 0 Å². The highest BCUT2D eigenvalue weighted by Gasteiger charge is 2.11. The summed E-state index contributed by atoms with van der Waals surface area (Å²) >= 11 is 0. The first-order valence-corrected chi connectivity index (χ1v) is 5.67. The van der Waals surface area contributed by atoms with Crippen molar-refractivity contribution in [3.8, 4) is 0 Å². The number of nitrogens with zero attached hydrogens (tertiary/aromatic N) is 1. The molecule has 6 heteroatoms. The molecule has 3 N–H and O–H groups in total. The van der Waals surface area contributed by atoms with Crippen LogP contribution in [0.25, 0.3) is 10.9 Å². The topological polar surface area (TPSA) is 90.6 Å². The zero-order valence-corrected chi connectivity index (χ0v) is 9.81. The third kappa shape index (κ3) is 2.11. The highest BCUT2D eigenvalue weighted by molar-refractivity contribution is 6.12. The molecule has 0 aliphatic heterocycles. The molecule has 0 saturated carbocycles. The summed E-state index contributed by atoms with van der Waals surface area (Å²) in [5.41, 5.74) is 1.12. The number of aromatic nitrogens is 3.